The number of pyridine rings is 1. The van der Waals surface area contributed by atoms with Gasteiger partial charge in [0.15, 0.2) is 0 Å². The predicted octanol–water partition coefficient (Wildman–Crippen LogP) is 2.65. The molecule has 1 aromatic heterocycles. The van der Waals surface area contributed by atoms with Crippen LogP contribution >= 0.6 is 0 Å². The Morgan fingerprint density at radius 3 is 2.57 bits per heavy atom. The van der Waals surface area contributed by atoms with Gasteiger partial charge in [-0.15, -0.1) is 0 Å². The number of nitrogens with zero attached hydrogens (tertiary/aromatic N) is 3. The van der Waals surface area contributed by atoms with Crippen molar-refractivity contribution < 1.29 is 35.7 Å². The summed E-state index contributed by atoms with van der Waals surface area (Å²) in [5.74, 6) is -0.475. The van der Waals surface area contributed by atoms with Crippen molar-refractivity contribution in [3.63, 3.8) is 0 Å². The summed E-state index contributed by atoms with van der Waals surface area (Å²) >= 11 is 0. The number of benzene rings is 1. The maximum atomic E-state index is 12.5. The van der Waals surface area contributed by atoms with Gasteiger partial charge in [-0.3, -0.25) is 4.98 Å². The Labute approximate surface area is 158 Å². The Hall–Kier alpha value is -2.76. The minimum absolute atomic E-state index is 0.306. The van der Waals surface area contributed by atoms with Crippen LogP contribution in [0.3, 0.4) is 0 Å². The van der Waals surface area contributed by atoms with Crippen molar-refractivity contribution in [2.45, 2.75) is 11.9 Å². The van der Waals surface area contributed by atoms with Crippen molar-refractivity contribution in [3.05, 3.63) is 30.5 Å². The van der Waals surface area contributed by atoms with Crippen LogP contribution in [-0.2, 0) is 10.1 Å². The molecule has 12 heteroatoms. The number of amides is 1. The number of carbonyl (C=O) groups is 1. The maximum Gasteiger partial charge on any atom is 0.534 e. The first-order chi connectivity index (χ1) is 13.1. The van der Waals surface area contributed by atoms with E-state index < -0.39 is 27.5 Å². The van der Waals surface area contributed by atoms with Gasteiger partial charge in [0.25, 0.3) is 0 Å². The quantitative estimate of drug-likeness (QED) is 0.603. The van der Waals surface area contributed by atoms with Crippen molar-refractivity contribution in [3.8, 4) is 5.75 Å². The van der Waals surface area contributed by atoms with Gasteiger partial charge in [0.05, 0.1) is 17.4 Å². The highest BCUT2D eigenvalue weighted by Crippen LogP contribution is 2.29. The van der Waals surface area contributed by atoms with Crippen LogP contribution in [0.15, 0.2) is 30.5 Å². The van der Waals surface area contributed by atoms with E-state index in [-0.39, 0.29) is 0 Å². The van der Waals surface area contributed by atoms with Crippen molar-refractivity contribution in [2.24, 2.45) is 0 Å². The highest BCUT2D eigenvalue weighted by molar-refractivity contribution is 7.88. The predicted molar refractivity (Wildman–Crippen MR) is 93.8 cm³/mol. The number of fused-ring (bicyclic) bond motifs is 1. The number of alkyl halides is 3. The Morgan fingerprint density at radius 2 is 1.89 bits per heavy atom. The average Bonchev–Trinajstić information content (AvgIpc) is 2.86. The second-order valence-electron chi connectivity index (χ2n) is 6.14. The monoisotopic (exact) mass is 419 g/mol. The van der Waals surface area contributed by atoms with E-state index in [1.165, 1.54) is 11.0 Å². The molecule has 2 aromatic rings. The summed E-state index contributed by atoms with van der Waals surface area (Å²) in [6.07, 6.45) is 1.19. The zero-order chi connectivity index (χ0) is 20.5. The van der Waals surface area contributed by atoms with Crippen LogP contribution in [-0.4, -0.2) is 61.2 Å². The molecule has 0 bridgehead atoms. The van der Waals surface area contributed by atoms with Crippen LogP contribution in [0.4, 0.5) is 23.7 Å². The number of halogens is 3. The zero-order valence-corrected chi connectivity index (χ0v) is 15.2. The van der Waals surface area contributed by atoms with Gasteiger partial charge in [0, 0.05) is 31.6 Å². The van der Waals surface area contributed by atoms with E-state index in [1.54, 1.807) is 12.3 Å². The SMILES string of the molecule is O=C(O)N1CCCN(c2cnc3ccc(OS(=O)(=O)C(F)(F)F)cc3c2)CC1. The van der Waals surface area contributed by atoms with E-state index >= 15 is 0 Å². The molecule has 0 spiro atoms. The lowest BCUT2D eigenvalue weighted by atomic mass is 10.2. The number of carboxylic acid groups (broad SMARTS) is 1. The van der Waals surface area contributed by atoms with Crippen molar-refractivity contribution in [1.82, 2.24) is 9.88 Å². The Kier molecular flexibility index (Phi) is 5.24. The van der Waals surface area contributed by atoms with E-state index in [9.17, 15) is 26.4 Å². The van der Waals surface area contributed by atoms with E-state index in [0.717, 1.165) is 12.1 Å². The number of aromatic nitrogens is 1. The number of hydrogen-bond donors (Lipinski definition) is 1. The molecule has 152 valence electrons. The van der Waals surface area contributed by atoms with Crippen LogP contribution in [0.2, 0.25) is 0 Å². The fourth-order valence-corrected chi connectivity index (χ4v) is 3.32. The fourth-order valence-electron chi connectivity index (χ4n) is 2.86. The van der Waals surface area contributed by atoms with E-state index in [0.29, 0.717) is 49.2 Å². The van der Waals surface area contributed by atoms with Gasteiger partial charge in [0.2, 0.25) is 0 Å². The van der Waals surface area contributed by atoms with E-state index in [4.69, 9.17) is 5.11 Å². The number of rotatable bonds is 3. The van der Waals surface area contributed by atoms with Crippen LogP contribution in [0.1, 0.15) is 6.42 Å². The Bertz CT molecular complexity index is 997. The van der Waals surface area contributed by atoms with Gasteiger partial charge in [-0.05, 0) is 30.7 Å². The molecule has 1 aliphatic heterocycles. The number of hydrogen-bond acceptors (Lipinski definition) is 6. The Morgan fingerprint density at radius 1 is 1.14 bits per heavy atom. The summed E-state index contributed by atoms with van der Waals surface area (Å²) in [7, 11) is -5.76. The molecular formula is C16H16F3N3O5S. The fraction of sp³-hybridized carbons (Fsp3) is 0.375. The van der Waals surface area contributed by atoms with E-state index in [2.05, 4.69) is 9.17 Å². The van der Waals surface area contributed by atoms with Gasteiger partial charge >= 0.3 is 21.7 Å². The normalized spacial score (nSPS) is 16.1. The zero-order valence-electron chi connectivity index (χ0n) is 14.4. The van der Waals surface area contributed by atoms with Crippen LogP contribution in [0.25, 0.3) is 10.9 Å². The standard InChI is InChI=1S/C16H16F3N3O5S/c17-16(18,19)28(25,26)27-13-2-3-14-11(9-13)8-12(10-20-14)21-4-1-5-22(7-6-21)15(23)24/h2-3,8-10H,1,4-7H2,(H,23,24). The summed E-state index contributed by atoms with van der Waals surface area (Å²) < 4.78 is 64.0. The molecule has 1 aliphatic rings. The summed E-state index contributed by atoms with van der Waals surface area (Å²) in [4.78, 5) is 18.5. The molecule has 1 fully saturated rings. The molecule has 0 radical (unpaired) electrons. The van der Waals surface area contributed by atoms with Crippen molar-refractivity contribution in [2.75, 3.05) is 31.1 Å². The number of anilines is 1. The van der Waals surface area contributed by atoms with Gasteiger partial charge in [-0.25, -0.2) is 4.79 Å². The summed E-state index contributed by atoms with van der Waals surface area (Å²) in [6.45, 7) is 1.72. The molecule has 1 amide bonds. The second-order valence-corrected chi connectivity index (χ2v) is 7.68. The first-order valence-electron chi connectivity index (χ1n) is 8.20. The molecule has 1 saturated heterocycles. The molecule has 2 heterocycles. The molecule has 0 saturated carbocycles. The third kappa shape index (κ3) is 4.21. The second kappa shape index (κ2) is 7.34. The van der Waals surface area contributed by atoms with E-state index in [1.807, 2.05) is 4.90 Å². The molecular weight excluding hydrogens is 403 g/mol. The maximum absolute atomic E-state index is 12.5. The highest BCUT2D eigenvalue weighted by atomic mass is 32.2. The van der Waals surface area contributed by atoms with Gasteiger partial charge in [0.1, 0.15) is 5.75 Å². The third-order valence-corrected chi connectivity index (χ3v) is 5.24. The smallest absolute Gasteiger partial charge is 0.465 e. The summed E-state index contributed by atoms with van der Waals surface area (Å²) in [5.41, 5.74) is -4.43. The van der Waals surface area contributed by atoms with Gasteiger partial charge in [-0.1, -0.05) is 0 Å². The Balaban J connectivity index is 1.85. The van der Waals surface area contributed by atoms with Gasteiger partial charge in [-0.2, -0.15) is 21.6 Å². The van der Waals surface area contributed by atoms with Gasteiger partial charge < -0.3 is 19.1 Å². The molecule has 0 atom stereocenters. The lowest BCUT2D eigenvalue weighted by molar-refractivity contribution is -0.0500. The first-order valence-corrected chi connectivity index (χ1v) is 9.61. The molecule has 1 aromatic carbocycles. The molecule has 0 unspecified atom stereocenters. The largest absolute Gasteiger partial charge is 0.534 e. The minimum atomic E-state index is -5.76. The topological polar surface area (TPSA) is 100 Å². The van der Waals surface area contributed by atoms with Crippen molar-refractivity contribution >= 4 is 32.8 Å². The summed E-state index contributed by atoms with van der Waals surface area (Å²) in [6, 6.07) is 5.26. The average molecular weight is 419 g/mol. The molecule has 3 rings (SSSR count). The van der Waals surface area contributed by atoms with Crippen LogP contribution < -0.4 is 9.08 Å². The molecule has 1 N–H and O–H groups in total. The van der Waals surface area contributed by atoms with Crippen LogP contribution in [0, 0.1) is 0 Å². The minimum Gasteiger partial charge on any atom is -0.465 e. The molecule has 28 heavy (non-hydrogen) atoms. The lowest BCUT2D eigenvalue weighted by Gasteiger charge is -2.23. The highest BCUT2D eigenvalue weighted by Gasteiger charge is 2.48. The third-order valence-electron chi connectivity index (χ3n) is 4.26. The van der Waals surface area contributed by atoms with Crippen molar-refractivity contribution in [1.29, 1.82) is 0 Å². The first kappa shape index (κ1) is 20.0. The molecule has 0 aliphatic carbocycles. The van der Waals surface area contributed by atoms with Crippen LogP contribution in [0.5, 0.6) is 5.75 Å². The summed E-state index contributed by atoms with van der Waals surface area (Å²) in [5, 5.41) is 9.49. The molecule has 8 nitrogen and oxygen atoms in total. The lowest BCUT2D eigenvalue weighted by Crippen LogP contribution is -2.34.